The third-order valence-corrected chi connectivity index (χ3v) is 2.91. The van der Waals surface area contributed by atoms with E-state index in [9.17, 15) is 0 Å². The van der Waals surface area contributed by atoms with Crippen molar-refractivity contribution in [1.82, 2.24) is 4.98 Å². The SMILES string of the molecule is COc1ccc(C2CCC(N)C2)cn1. The van der Waals surface area contributed by atoms with Gasteiger partial charge in [0.05, 0.1) is 7.11 Å². The maximum Gasteiger partial charge on any atom is 0.212 e. The van der Waals surface area contributed by atoms with E-state index in [2.05, 4.69) is 11.1 Å². The lowest BCUT2D eigenvalue weighted by Gasteiger charge is -2.09. The van der Waals surface area contributed by atoms with Crippen LogP contribution in [0.3, 0.4) is 0 Å². The fourth-order valence-electron chi connectivity index (χ4n) is 2.07. The van der Waals surface area contributed by atoms with Crippen LogP contribution in [0.25, 0.3) is 0 Å². The average Bonchev–Trinajstić information content (AvgIpc) is 2.65. The van der Waals surface area contributed by atoms with Gasteiger partial charge in [-0.15, -0.1) is 0 Å². The first-order valence-electron chi connectivity index (χ1n) is 5.05. The average molecular weight is 192 g/mol. The number of hydrogen-bond donors (Lipinski definition) is 1. The van der Waals surface area contributed by atoms with E-state index >= 15 is 0 Å². The number of aromatic nitrogens is 1. The molecule has 1 aromatic heterocycles. The summed E-state index contributed by atoms with van der Waals surface area (Å²) in [6, 6.07) is 4.38. The molecular weight excluding hydrogens is 176 g/mol. The molecule has 2 rings (SSSR count). The second kappa shape index (κ2) is 3.96. The van der Waals surface area contributed by atoms with Crippen molar-refractivity contribution in [3.8, 4) is 5.88 Å². The number of rotatable bonds is 2. The van der Waals surface area contributed by atoms with Crippen molar-refractivity contribution in [3.05, 3.63) is 23.9 Å². The van der Waals surface area contributed by atoms with E-state index in [1.54, 1.807) is 7.11 Å². The van der Waals surface area contributed by atoms with Gasteiger partial charge in [-0.3, -0.25) is 0 Å². The van der Waals surface area contributed by atoms with E-state index < -0.39 is 0 Å². The Kier molecular flexibility index (Phi) is 2.68. The quantitative estimate of drug-likeness (QED) is 0.775. The third-order valence-electron chi connectivity index (χ3n) is 2.91. The lowest BCUT2D eigenvalue weighted by atomic mass is 9.99. The number of pyridine rings is 1. The highest BCUT2D eigenvalue weighted by molar-refractivity contribution is 5.22. The zero-order chi connectivity index (χ0) is 9.97. The van der Waals surface area contributed by atoms with Gasteiger partial charge in [0.1, 0.15) is 0 Å². The number of ether oxygens (including phenoxy) is 1. The zero-order valence-electron chi connectivity index (χ0n) is 8.44. The molecule has 0 amide bonds. The second-order valence-electron chi connectivity index (χ2n) is 3.90. The van der Waals surface area contributed by atoms with Crippen LogP contribution in [0.5, 0.6) is 5.88 Å². The number of hydrogen-bond acceptors (Lipinski definition) is 3. The predicted octanol–water partition coefficient (Wildman–Crippen LogP) is 1.68. The first kappa shape index (κ1) is 9.46. The van der Waals surface area contributed by atoms with Gasteiger partial charge < -0.3 is 10.5 Å². The van der Waals surface area contributed by atoms with Crippen LogP contribution in [0.2, 0.25) is 0 Å². The molecule has 3 nitrogen and oxygen atoms in total. The van der Waals surface area contributed by atoms with Crippen molar-refractivity contribution in [1.29, 1.82) is 0 Å². The summed E-state index contributed by atoms with van der Waals surface area (Å²) >= 11 is 0. The van der Waals surface area contributed by atoms with Gasteiger partial charge in [0, 0.05) is 18.3 Å². The number of nitrogens with two attached hydrogens (primary N) is 1. The van der Waals surface area contributed by atoms with Crippen LogP contribution in [0.1, 0.15) is 30.7 Å². The maximum atomic E-state index is 5.87. The molecule has 0 bridgehead atoms. The molecular formula is C11H16N2O. The van der Waals surface area contributed by atoms with E-state index in [1.807, 2.05) is 12.3 Å². The summed E-state index contributed by atoms with van der Waals surface area (Å²) < 4.78 is 5.02. The molecule has 2 atom stereocenters. The maximum absolute atomic E-state index is 5.87. The molecule has 0 saturated heterocycles. The minimum atomic E-state index is 0.377. The Morgan fingerprint density at radius 3 is 2.79 bits per heavy atom. The molecule has 1 aromatic rings. The lowest BCUT2D eigenvalue weighted by molar-refractivity contribution is 0.397. The van der Waals surface area contributed by atoms with Gasteiger partial charge >= 0.3 is 0 Å². The topological polar surface area (TPSA) is 48.1 Å². The standard InChI is InChI=1S/C11H16N2O/c1-14-11-5-3-9(7-13-11)8-2-4-10(12)6-8/h3,5,7-8,10H,2,4,6,12H2,1H3. The normalized spacial score (nSPS) is 26.4. The highest BCUT2D eigenvalue weighted by Gasteiger charge is 2.23. The first-order valence-corrected chi connectivity index (χ1v) is 5.05. The van der Waals surface area contributed by atoms with Crippen LogP contribution in [0.4, 0.5) is 0 Å². The van der Waals surface area contributed by atoms with Gasteiger partial charge in [-0.1, -0.05) is 6.07 Å². The molecule has 1 aliphatic rings. The highest BCUT2D eigenvalue weighted by atomic mass is 16.5. The molecule has 1 fully saturated rings. The molecule has 2 unspecified atom stereocenters. The van der Waals surface area contributed by atoms with Gasteiger partial charge in [0.25, 0.3) is 0 Å². The Hall–Kier alpha value is -1.09. The van der Waals surface area contributed by atoms with Crippen molar-refractivity contribution in [3.63, 3.8) is 0 Å². The molecule has 14 heavy (non-hydrogen) atoms. The molecule has 1 heterocycles. The zero-order valence-corrected chi connectivity index (χ0v) is 8.44. The van der Waals surface area contributed by atoms with Gasteiger partial charge in [-0.05, 0) is 30.7 Å². The predicted molar refractivity (Wildman–Crippen MR) is 55.4 cm³/mol. The van der Waals surface area contributed by atoms with Crippen molar-refractivity contribution in [2.75, 3.05) is 7.11 Å². The minimum Gasteiger partial charge on any atom is -0.481 e. The van der Waals surface area contributed by atoms with Crippen LogP contribution >= 0.6 is 0 Å². The molecule has 0 aliphatic heterocycles. The Balaban J connectivity index is 2.09. The van der Waals surface area contributed by atoms with Gasteiger partial charge in [0.15, 0.2) is 0 Å². The van der Waals surface area contributed by atoms with Crippen molar-refractivity contribution in [2.45, 2.75) is 31.2 Å². The monoisotopic (exact) mass is 192 g/mol. The molecule has 0 spiro atoms. The summed E-state index contributed by atoms with van der Waals surface area (Å²) in [5.74, 6) is 1.28. The summed E-state index contributed by atoms with van der Waals surface area (Å²) in [5.41, 5.74) is 7.16. The smallest absolute Gasteiger partial charge is 0.212 e. The van der Waals surface area contributed by atoms with Crippen molar-refractivity contribution >= 4 is 0 Å². The number of nitrogens with zero attached hydrogens (tertiary/aromatic N) is 1. The summed E-state index contributed by atoms with van der Waals surface area (Å²) in [5, 5.41) is 0. The third kappa shape index (κ3) is 1.87. The summed E-state index contributed by atoms with van der Waals surface area (Å²) in [6.07, 6.45) is 5.32. The second-order valence-corrected chi connectivity index (χ2v) is 3.90. The summed E-state index contributed by atoms with van der Waals surface area (Å²) in [6.45, 7) is 0. The molecule has 1 aliphatic carbocycles. The lowest BCUT2D eigenvalue weighted by Crippen LogP contribution is -2.14. The van der Waals surface area contributed by atoms with Gasteiger partial charge in [-0.2, -0.15) is 0 Å². The minimum absolute atomic E-state index is 0.377. The Morgan fingerprint density at radius 1 is 1.43 bits per heavy atom. The van der Waals surface area contributed by atoms with Gasteiger partial charge in [0.2, 0.25) is 5.88 Å². The summed E-state index contributed by atoms with van der Waals surface area (Å²) in [4.78, 5) is 4.20. The molecule has 0 aromatic carbocycles. The van der Waals surface area contributed by atoms with E-state index in [0.717, 1.165) is 12.8 Å². The van der Waals surface area contributed by atoms with Crippen LogP contribution in [0, 0.1) is 0 Å². The highest BCUT2D eigenvalue weighted by Crippen LogP contribution is 2.33. The van der Waals surface area contributed by atoms with Gasteiger partial charge in [-0.25, -0.2) is 4.98 Å². The van der Waals surface area contributed by atoms with Crippen molar-refractivity contribution < 1.29 is 4.74 Å². The van der Waals surface area contributed by atoms with E-state index in [0.29, 0.717) is 17.8 Å². The Bertz CT molecular complexity index is 297. The summed E-state index contributed by atoms with van der Waals surface area (Å²) in [7, 11) is 1.63. The van der Waals surface area contributed by atoms with E-state index in [1.165, 1.54) is 12.0 Å². The van der Waals surface area contributed by atoms with Crippen molar-refractivity contribution in [2.24, 2.45) is 5.73 Å². The first-order chi connectivity index (χ1) is 6.79. The molecule has 3 heteroatoms. The Morgan fingerprint density at radius 2 is 2.29 bits per heavy atom. The Labute approximate surface area is 84.3 Å². The van der Waals surface area contributed by atoms with Crippen LogP contribution < -0.4 is 10.5 Å². The molecule has 1 saturated carbocycles. The molecule has 2 N–H and O–H groups in total. The molecule has 0 radical (unpaired) electrons. The largest absolute Gasteiger partial charge is 0.481 e. The van der Waals surface area contributed by atoms with Crippen LogP contribution in [-0.2, 0) is 0 Å². The van der Waals surface area contributed by atoms with E-state index in [-0.39, 0.29) is 0 Å². The molecule has 76 valence electrons. The fourth-order valence-corrected chi connectivity index (χ4v) is 2.07. The van der Waals surface area contributed by atoms with Crippen LogP contribution in [-0.4, -0.2) is 18.1 Å². The fraction of sp³-hybridized carbons (Fsp3) is 0.545. The van der Waals surface area contributed by atoms with E-state index in [4.69, 9.17) is 10.5 Å². The van der Waals surface area contributed by atoms with Crippen LogP contribution in [0.15, 0.2) is 18.3 Å². The number of methoxy groups -OCH3 is 1.